The molecule has 0 unspecified atom stereocenters. The number of nitrogens with zero attached hydrogens (tertiary/aromatic N) is 1. The van der Waals surface area contributed by atoms with E-state index in [0.29, 0.717) is 12.5 Å². The third kappa shape index (κ3) is 2.84. The van der Waals surface area contributed by atoms with Crippen molar-refractivity contribution in [3.05, 3.63) is 12.7 Å². The average molecular weight is 182 g/mol. The number of carbonyl (C=O) groups excluding carboxylic acids is 1. The molecular weight excluding hydrogens is 164 g/mol. The highest BCUT2D eigenvalue weighted by Gasteiger charge is 2.20. The standard InChI is InChI=1S/C10H18N2O/c1-3-4-10(13)12(2)9-5-7-11-8-6-9/h3,9,11H,1,4-8H2,2H3. The molecule has 0 aliphatic carbocycles. The van der Waals surface area contributed by atoms with Gasteiger partial charge in [0.15, 0.2) is 0 Å². The molecule has 0 radical (unpaired) electrons. The van der Waals surface area contributed by atoms with Crippen LogP contribution in [-0.2, 0) is 4.79 Å². The van der Waals surface area contributed by atoms with Crippen LogP contribution in [0.25, 0.3) is 0 Å². The maximum atomic E-state index is 11.5. The van der Waals surface area contributed by atoms with Gasteiger partial charge < -0.3 is 10.2 Å². The van der Waals surface area contributed by atoms with E-state index in [1.54, 1.807) is 6.08 Å². The summed E-state index contributed by atoms with van der Waals surface area (Å²) < 4.78 is 0. The number of nitrogens with one attached hydrogen (secondary N) is 1. The molecule has 3 heteroatoms. The molecule has 74 valence electrons. The summed E-state index contributed by atoms with van der Waals surface area (Å²) in [5.74, 6) is 0.182. The highest BCUT2D eigenvalue weighted by Crippen LogP contribution is 2.10. The van der Waals surface area contributed by atoms with Crippen molar-refractivity contribution in [1.29, 1.82) is 0 Å². The minimum Gasteiger partial charge on any atom is -0.342 e. The third-order valence-corrected chi connectivity index (χ3v) is 2.57. The molecule has 0 bridgehead atoms. The van der Waals surface area contributed by atoms with E-state index in [9.17, 15) is 4.79 Å². The number of rotatable bonds is 3. The van der Waals surface area contributed by atoms with E-state index in [4.69, 9.17) is 0 Å². The maximum absolute atomic E-state index is 11.5. The molecule has 0 saturated carbocycles. The molecule has 1 fully saturated rings. The summed E-state index contributed by atoms with van der Waals surface area (Å²) in [6.07, 6.45) is 4.26. The molecule has 0 atom stereocenters. The zero-order valence-corrected chi connectivity index (χ0v) is 8.25. The van der Waals surface area contributed by atoms with E-state index in [0.717, 1.165) is 25.9 Å². The van der Waals surface area contributed by atoms with Crippen molar-refractivity contribution < 1.29 is 4.79 Å². The van der Waals surface area contributed by atoms with Gasteiger partial charge in [0, 0.05) is 19.5 Å². The van der Waals surface area contributed by atoms with Crippen molar-refractivity contribution in [3.8, 4) is 0 Å². The van der Waals surface area contributed by atoms with E-state index in [1.807, 2.05) is 11.9 Å². The van der Waals surface area contributed by atoms with Crippen molar-refractivity contribution >= 4 is 5.91 Å². The fraction of sp³-hybridized carbons (Fsp3) is 0.700. The van der Waals surface area contributed by atoms with Gasteiger partial charge in [-0.15, -0.1) is 6.58 Å². The van der Waals surface area contributed by atoms with E-state index in [1.165, 1.54) is 0 Å². The first-order valence-electron chi connectivity index (χ1n) is 4.83. The van der Waals surface area contributed by atoms with Crippen molar-refractivity contribution in [1.82, 2.24) is 10.2 Å². The first-order valence-corrected chi connectivity index (χ1v) is 4.83. The fourth-order valence-electron chi connectivity index (χ4n) is 1.67. The van der Waals surface area contributed by atoms with Crippen LogP contribution in [0.1, 0.15) is 19.3 Å². The molecule has 1 amide bonds. The van der Waals surface area contributed by atoms with Crippen LogP contribution in [0.15, 0.2) is 12.7 Å². The Labute approximate surface area is 79.8 Å². The van der Waals surface area contributed by atoms with Crippen molar-refractivity contribution in [2.75, 3.05) is 20.1 Å². The van der Waals surface area contributed by atoms with Crippen LogP contribution >= 0.6 is 0 Å². The second-order valence-corrected chi connectivity index (χ2v) is 3.48. The maximum Gasteiger partial charge on any atom is 0.226 e. The van der Waals surface area contributed by atoms with Crippen LogP contribution in [0.3, 0.4) is 0 Å². The van der Waals surface area contributed by atoms with Crippen LogP contribution < -0.4 is 5.32 Å². The van der Waals surface area contributed by atoms with E-state index in [2.05, 4.69) is 11.9 Å². The zero-order valence-electron chi connectivity index (χ0n) is 8.25. The Morgan fingerprint density at radius 1 is 1.62 bits per heavy atom. The largest absolute Gasteiger partial charge is 0.342 e. The SMILES string of the molecule is C=CCC(=O)N(C)C1CCNCC1. The number of piperidine rings is 1. The summed E-state index contributed by atoms with van der Waals surface area (Å²) in [5.41, 5.74) is 0. The molecule has 1 aliphatic heterocycles. The Balaban J connectivity index is 2.39. The lowest BCUT2D eigenvalue weighted by Crippen LogP contribution is -2.43. The van der Waals surface area contributed by atoms with Gasteiger partial charge in [-0.2, -0.15) is 0 Å². The Hall–Kier alpha value is -0.830. The van der Waals surface area contributed by atoms with Crippen LogP contribution in [0.2, 0.25) is 0 Å². The molecule has 1 aliphatic rings. The molecule has 1 rings (SSSR count). The summed E-state index contributed by atoms with van der Waals surface area (Å²) in [6, 6.07) is 0.425. The molecular formula is C10H18N2O. The molecule has 0 aromatic carbocycles. The van der Waals surface area contributed by atoms with Gasteiger partial charge in [0.25, 0.3) is 0 Å². The smallest absolute Gasteiger partial charge is 0.226 e. The minimum absolute atomic E-state index is 0.182. The van der Waals surface area contributed by atoms with E-state index in [-0.39, 0.29) is 5.91 Å². The molecule has 0 aromatic rings. The predicted octanol–water partition coefficient (Wildman–Crippen LogP) is 0.773. The molecule has 0 spiro atoms. The lowest BCUT2D eigenvalue weighted by Gasteiger charge is -2.31. The van der Waals surface area contributed by atoms with Crippen LogP contribution in [0, 0.1) is 0 Å². The molecule has 3 nitrogen and oxygen atoms in total. The Bertz CT molecular complexity index is 185. The highest BCUT2D eigenvalue weighted by molar-refractivity contribution is 5.77. The molecule has 1 saturated heterocycles. The third-order valence-electron chi connectivity index (χ3n) is 2.57. The molecule has 0 aromatic heterocycles. The topological polar surface area (TPSA) is 32.3 Å². The second-order valence-electron chi connectivity index (χ2n) is 3.48. The Kier molecular flexibility index (Phi) is 3.96. The normalized spacial score (nSPS) is 18.2. The number of carbonyl (C=O) groups is 1. The second kappa shape index (κ2) is 5.02. The summed E-state index contributed by atoms with van der Waals surface area (Å²) in [7, 11) is 1.89. The highest BCUT2D eigenvalue weighted by atomic mass is 16.2. The summed E-state index contributed by atoms with van der Waals surface area (Å²) in [4.78, 5) is 13.3. The van der Waals surface area contributed by atoms with Crippen molar-refractivity contribution in [2.45, 2.75) is 25.3 Å². The van der Waals surface area contributed by atoms with Gasteiger partial charge in [-0.3, -0.25) is 4.79 Å². The Morgan fingerprint density at radius 3 is 2.77 bits per heavy atom. The van der Waals surface area contributed by atoms with Gasteiger partial charge in [-0.05, 0) is 25.9 Å². The van der Waals surface area contributed by atoms with Gasteiger partial charge in [0.2, 0.25) is 5.91 Å². The van der Waals surface area contributed by atoms with Crippen LogP contribution in [0.5, 0.6) is 0 Å². The number of amides is 1. The minimum atomic E-state index is 0.182. The van der Waals surface area contributed by atoms with Gasteiger partial charge in [-0.25, -0.2) is 0 Å². The first-order chi connectivity index (χ1) is 6.25. The predicted molar refractivity (Wildman–Crippen MR) is 53.5 cm³/mol. The molecule has 1 heterocycles. The average Bonchev–Trinajstić information content (AvgIpc) is 2.18. The van der Waals surface area contributed by atoms with E-state index < -0.39 is 0 Å². The lowest BCUT2D eigenvalue weighted by atomic mass is 10.1. The summed E-state index contributed by atoms with van der Waals surface area (Å²) in [6.45, 7) is 5.62. The number of hydrogen-bond acceptors (Lipinski definition) is 2. The first kappa shape index (κ1) is 10.3. The molecule has 13 heavy (non-hydrogen) atoms. The monoisotopic (exact) mass is 182 g/mol. The summed E-state index contributed by atoms with van der Waals surface area (Å²) in [5, 5.41) is 3.28. The quantitative estimate of drug-likeness (QED) is 0.654. The van der Waals surface area contributed by atoms with Gasteiger partial charge in [0.1, 0.15) is 0 Å². The van der Waals surface area contributed by atoms with Gasteiger partial charge in [0.05, 0.1) is 0 Å². The lowest BCUT2D eigenvalue weighted by molar-refractivity contribution is -0.131. The van der Waals surface area contributed by atoms with Crippen LogP contribution in [-0.4, -0.2) is 37.0 Å². The van der Waals surface area contributed by atoms with Crippen LogP contribution in [0.4, 0.5) is 0 Å². The molecule has 1 N–H and O–H groups in total. The number of hydrogen-bond donors (Lipinski definition) is 1. The summed E-state index contributed by atoms with van der Waals surface area (Å²) >= 11 is 0. The van der Waals surface area contributed by atoms with Crippen molar-refractivity contribution in [3.63, 3.8) is 0 Å². The zero-order chi connectivity index (χ0) is 9.68. The van der Waals surface area contributed by atoms with Gasteiger partial charge >= 0.3 is 0 Å². The van der Waals surface area contributed by atoms with E-state index >= 15 is 0 Å². The van der Waals surface area contributed by atoms with Gasteiger partial charge in [-0.1, -0.05) is 6.08 Å². The fourth-order valence-corrected chi connectivity index (χ4v) is 1.67. The Morgan fingerprint density at radius 2 is 2.23 bits per heavy atom. The van der Waals surface area contributed by atoms with Crippen molar-refractivity contribution in [2.24, 2.45) is 0 Å².